The van der Waals surface area contributed by atoms with Gasteiger partial charge in [-0.2, -0.15) is 0 Å². The molecule has 0 bridgehead atoms. The Morgan fingerprint density at radius 3 is 2.81 bits per heavy atom. The van der Waals surface area contributed by atoms with Crippen molar-refractivity contribution >= 4 is 11.8 Å². The SMILES string of the molecule is CCN(C)C(=O)c1cccc(CNC(=O)c2cocn2)n1. The van der Waals surface area contributed by atoms with E-state index >= 15 is 0 Å². The molecule has 0 aliphatic heterocycles. The minimum atomic E-state index is -0.354. The highest BCUT2D eigenvalue weighted by molar-refractivity contribution is 5.92. The molecule has 0 atom stereocenters. The minimum Gasteiger partial charge on any atom is -0.451 e. The quantitative estimate of drug-likeness (QED) is 0.889. The summed E-state index contributed by atoms with van der Waals surface area (Å²) in [6.07, 6.45) is 2.45. The number of hydrogen-bond acceptors (Lipinski definition) is 5. The lowest BCUT2D eigenvalue weighted by molar-refractivity contribution is 0.0796. The highest BCUT2D eigenvalue weighted by atomic mass is 16.3. The van der Waals surface area contributed by atoms with Crippen LogP contribution >= 0.6 is 0 Å². The number of oxazole rings is 1. The van der Waals surface area contributed by atoms with Crippen LogP contribution in [0.4, 0.5) is 0 Å². The van der Waals surface area contributed by atoms with E-state index in [1.54, 1.807) is 30.1 Å². The van der Waals surface area contributed by atoms with Gasteiger partial charge in [0.05, 0.1) is 12.2 Å². The largest absolute Gasteiger partial charge is 0.451 e. The minimum absolute atomic E-state index is 0.151. The molecule has 0 fully saturated rings. The number of nitrogens with one attached hydrogen (secondary N) is 1. The Labute approximate surface area is 122 Å². The van der Waals surface area contributed by atoms with Crippen LogP contribution in [-0.4, -0.2) is 40.3 Å². The lowest BCUT2D eigenvalue weighted by Gasteiger charge is -2.14. The van der Waals surface area contributed by atoms with Gasteiger partial charge in [-0.15, -0.1) is 0 Å². The van der Waals surface area contributed by atoms with E-state index in [2.05, 4.69) is 15.3 Å². The molecule has 2 rings (SSSR count). The average Bonchev–Trinajstić information content (AvgIpc) is 3.05. The van der Waals surface area contributed by atoms with E-state index in [1.807, 2.05) is 6.92 Å². The van der Waals surface area contributed by atoms with Crippen molar-refractivity contribution < 1.29 is 14.0 Å². The normalized spacial score (nSPS) is 10.2. The van der Waals surface area contributed by atoms with Gasteiger partial charge < -0.3 is 14.6 Å². The Morgan fingerprint density at radius 1 is 1.33 bits per heavy atom. The van der Waals surface area contributed by atoms with Gasteiger partial charge in [0.25, 0.3) is 11.8 Å². The highest BCUT2D eigenvalue weighted by Crippen LogP contribution is 2.03. The number of pyridine rings is 1. The fourth-order valence-corrected chi connectivity index (χ4v) is 1.62. The molecule has 110 valence electrons. The van der Waals surface area contributed by atoms with E-state index in [4.69, 9.17) is 4.42 Å². The lowest BCUT2D eigenvalue weighted by atomic mass is 10.2. The van der Waals surface area contributed by atoms with Gasteiger partial charge in [-0.1, -0.05) is 6.07 Å². The molecule has 0 aromatic carbocycles. The molecular weight excluding hydrogens is 272 g/mol. The maximum absolute atomic E-state index is 12.0. The van der Waals surface area contributed by atoms with E-state index in [0.29, 0.717) is 17.9 Å². The van der Waals surface area contributed by atoms with Crippen LogP contribution in [0, 0.1) is 0 Å². The summed E-state index contributed by atoms with van der Waals surface area (Å²) < 4.78 is 4.74. The van der Waals surface area contributed by atoms with Crippen molar-refractivity contribution in [3.63, 3.8) is 0 Å². The number of carbonyl (C=O) groups is 2. The van der Waals surface area contributed by atoms with Gasteiger partial charge in [0.15, 0.2) is 12.1 Å². The summed E-state index contributed by atoms with van der Waals surface area (Å²) in [7, 11) is 1.71. The van der Waals surface area contributed by atoms with Crippen molar-refractivity contribution in [2.24, 2.45) is 0 Å². The first-order valence-electron chi connectivity index (χ1n) is 6.49. The van der Waals surface area contributed by atoms with Crippen LogP contribution in [-0.2, 0) is 6.54 Å². The first kappa shape index (κ1) is 14.7. The third-order valence-electron chi connectivity index (χ3n) is 2.94. The van der Waals surface area contributed by atoms with Gasteiger partial charge >= 0.3 is 0 Å². The predicted molar refractivity (Wildman–Crippen MR) is 74.5 cm³/mol. The fraction of sp³-hybridized carbons (Fsp3) is 0.286. The maximum atomic E-state index is 12.0. The lowest BCUT2D eigenvalue weighted by Crippen LogP contribution is -2.28. The molecule has 0 unspecified atom stereocenters. The molecule has 2 heterocycles. The first-order chi connectivity index (χ1) is 10.1. The fourth-order valence-electron chi connectivity index (χ4n) is 1.62. The summed E-state index contributed by atoms with van der Waals surface area (Å²) in [5.41, 5.74) is 1.16. The van der Waals surface area contributed by atoms with E-state index in [0.717, 1.165) is 0 Å². The molecule has 1 N–H and O–H groups in total. The topological polar surface area (TPSA) is 88.3 Å². The van der Waals surface area contributed by atoms with Crippen molar-refractivity contribution in [3.05, 3.63) is 47.9 Å². The van der Waals surface area contributed by atoms with E-state index in [-0.39, 0.29) is 24.1 Å². The Bertz CT molecular complexity index is 625. The summed E-state index contributed by atoms with van der Waals surface area (Å²) >= 11 is 0. The van der Waals surface area contributed by atoms with Crippen LogP contribution in [0.15, 0.2) is 35.3 Å². The van der Waals surface area contributed by atoms with Crippen LogP contribution in [0.5, 0.6) is 0 Å². The van der Waals surface area contributed by atoms with Crippen molar-refractivity contribution in [2.75, 3.05) is 13.6 Å². The second-order valence-electron chi connectivity index (χ2n) is 4.39. The molecule has 0 saturated carbocycles. The molecule has 2 aromatic rings. The summed E-state index contributed by atoms with van der Waals surface area (Å²) in [6, 6.07) is 5.13. The molecular formula is C14H16N4O3. The molecule has 0 aliphatic rings. The van der Waals surface area contributed by atoms with Crippen molar-refractivity contribution in [1.29, 1.82) is 0 Å². The van der Waals surface area contributed by atoms with Gasteiger partial charge in [-0.05, 0) is 19.1 Å². The van der Waals surface area contributed by atoms with Gasteiger partial charge in [-0.3, -0.25) is 9.59 Å². The molecule has 0 aliphatic carbocycles. The summed E-state index contributed by atoms with van der Waals surface area (Å²) in [5, 5.41) is 2.66. The zero-order valence-electron chi connectivity index (χ0n) is 11.9. The van der Waals surface area contributed by atoms with Crippen molar-refractivity contribution in [2.45, 2.75) is 13.5 Å². The molecule has 2 amide bonds. The molecule has 0 spiro atoms. The van der Waals surface area contributed by atoms with Crippen LogP contribution in [0.3, 0.4) is 0 Å². The van der Waals surface area contributed by atoms with E-state index in [1.165, 1.54) is 12.7 Å². The smallest absolute Gasteiger partial charge is 0.273 e. The number of nitrogens with zero attached hydrogens (tertiary/aromatic N) is 3. The number of carbonyl (C=O) groups excluding carboxylic acids is 2. The summed E-state index contributed by atoms with van der Waals surface area (Å²) in [5.74, 6) is -0.505. The van der Waals surface area contributed by atoms with Gasteiger partial charge in [0.2, 0.25) is 0 Å². The molecule has 21 heavy (non-hydrogen) atoms. The van der Waals surface area contributed by atoms with Gasteiger partial charge in [0, 0.05) is 13.6 Å². The molecule has 2 aromatic heterocycles. The molecule has 7 nitrogen and oxygen atoms in total. The van der Waals surface area contributed by atoms with Crippen LogP contribution < -0.4 is 5.32 Å². The Hall–Kier alpha value is -2.70. The number of rotatable bonds is 5. The highest BCUT2D eigenvalue weighted by Gasteiger charge is 2.13. The van der Waals surface area contributed by atoms with Crippen LogP contribution in [0.1, 0.15) is 33.6 Å². The average molecular weight is 288 g/mol. The monoisotopic (exact) mass is 288 g/mol. The third-order valence-corrected chi connectivity index (χ3v) is 2.94. The number of hydrogen-bond donors (Lipinski definition) is 1. The zero-order valence-corrected chi connectivity index (χ0v) is 11.9. The first-order valence-corrected chi connectivity index (χ1v) is 6.49. The molecule has 7 heteroatoms. The number of amides is 2. The van der Waals surface area contributed by atoms with Gasteiger partial charge in [-0.25, -0.2) is 9.97 Å². The Kier molecular flexibility index (Phi) is 4.65. The Balaban J connectivity index is 2.01. The summed E-state index contributed by atoms with van der Waals surface area (Å²) in [6.45, 7) is 2.70. The number of aromatic nitrogens is 2. The van der Waals surface area contributed by atoms with E-state index < -0.39 is 0 Å². The zero-order chi connectivity index (χ0) is 15.2. The van der Waals surface area contributed by atoms with Crippen LogP contribution in [0.2, 0.25) is 0 Å². The predicted octanol–water partition coefficient (Wildman–Crippen LogP) is 1.09. The van der Waals surface area contributed by atoms with Crippen LogP contribution in [0.25, 0.3) is 0 Å². The molecule has 0 saturated heterocycles. The van der Waals surface area contributed by atoms with Gasteiger partial charge in [0.1, 0.15) is 12.0 Å². The molecule has 0 radical (unpaired) electrons. The Morgan fingerprint density at radius 2 is 2.14 bits per heavy atom. The second kappa shape index (κ2) is 6.65. The van der Waals surface area contributed by atoms with E-state index in [9.17, 15) is 9.59 Å². The standard InChI is InChI=1S/C14H16N4O3/c1-3-18(2)14(20)11-6-4-5-10(17-11)7-15-13(19)12-8-21-9-16-12/h4-6,8-9H,3,7H2,1-2H3,(H,15,19). The van der Waals surface area contributed by atoms with Crippen molar-refractivity contribution in [1.82, 2.24) is 20.2 Å². The summed E-state index contributed by atoms with van der Waals surface area (Å²) in [4.78, 5) is 33.3. The third kappa shape index (κ3) is 3.65. The second-order valence-corrected chi connectivity index (χ2v) is 4.39. The maximum Gasteiger partial charge on any atom is 0.273 e. The van der Waals surface area contributed by atoms with Crippen molar-refractivity contribution in [3.8, 4) is 0 Å².